The van der Waals surface area contributed by atoms with Crippen molar-refractivity contribution in [3.63, 3.8) is 0 Å². The van der Waals surface area contributed by atoms with E-state index in [9.17, 15) is 14.4 Å². The fraction of sp³-hybridized carbons (Fsp3) is 0.485. The lowest BCUT2D eigenvalue weighted by molar-refractivity contribution is -0.141. The molecule has 40 heavy (non-hydrogen) atoms. The van der Waals surface area contributed by atoms with Crippen LogP contribution < -0.4 is 10.1 Å². The highest BCUT2D eigenvalue weighted by molar-refractivity contribution is 5.99. The van der Waals surface area contributed by atoms with Gasteiger partial charge in [-0.15, -0.1) is 0 Å². The van der Waals surface area contributed by atoms with Crippen LogP contribution in [0.2, 0.25) is 0 Å². The fourth-order valence-electron chi connectivity index (χ4n) is 5.66. The fourth-order valence-corrected chi connectivity index (χ4v) is 5.66. The molecular formula is C33H45N3O4. The lowest BCUT2D eigenvalue weighted by atomic mass is 9.81. The minimum Gasteiger partial charge on any atom is -0.427 e. The molecule has 1 atom stereocenters. The number of hydrogen-bond donors (Lipinski definition) is 1. The SMILES string of the molecule is CCCCCCC(NC(C)=O)(C(=O)N(C)CCCC)c1c(C)n(Cc2ccccc2)c2ccc(OC(C)=O)cc12. The zero-order chi connectivity index (χ0) is 29.3. The summed E-state index contributed by atoms with van der Waals surface area (Å²) in [5.74, 6) is -0.378. The van der Waals surface area contributed by atoms with Crippen LogP contribution >= 0.6 is 0 Å². The summed E-state index contributed by atoms with van der Waals surface area (Å²) < 4.78 is 7.68. The van der Waals surface area contributed by atoms with Gasteiger partial charge < -0.3 is 19.5 Å². The van der Waals surface area contributed by atoms with Crippen molar-refractivity contribution in [1.82, 2.24) is 14.8 Å². The highest BCUT2D eigenvalue weighted by Gasteiger charge is 2.46. The number of amides is 2. The van der Waals surface area contributed by atoms with Crippen LogP contribution in [0.15, 0.2) is 48.5 Å². The van der Waals surface area contributed by atoms with Crippen molar-refractivity contribution < 1.29 is 19.1 Å². The van der Waals surface area contributed by atoms with Gasteiger partial charge in [0, 0.05) is 56.1 Å². The van der Waals surface area contributed by atoms with E-state index in [1.807, 2.05) is 44.3 Å². The van der Waals surface area contributed by atoms with Crippen molar-refractivity contribution in [2.24, 2.45) is 0 Å². The van der Waals surface area contributed by atoms with E-state index in [0.717, 1.165) is 66.2 Å². The molecule has 7 nitrogen and oxygen atoms in total. The molecule has 1 unspecified atom stereocenters. The normalized spacial score (nSPS) is 12.7. The molecule has 3 rings (SSSR count). The molecule has 0 spiro atoms. The predicted molar refractivity (Wildman–Crippen MR) is 160 cm³/mol. The Hall–Kier alpha value is -3.61. The number of aromatic nitrogens is 1. The average molecular weight is 548 g/mol. The number of rotatable bonds is 14. The molecule has 0 saturated heterocycles. The average Bonchev–Trinajstić information content (AvgIpc) is 3.19. The molecule has 7 heteroatoms. The van der Waals surface area contributed by atoms with E-state index in [0.29, 0.717) is 25.3 Å². The van der Waals surface area contributed by atoms with Crippen LogP contribution in [0.25, 0.3) is 10.9 Å². The number of esters is 1. The Balaban J connectivity index is 2.33. The van der Waals surface area contributed by atoms with Crippen LogP contribution in [-0.4, -0.2) is 40.8 Å². The third kappa shape index (κ3) is 7.12. The Morgan fingerprint density at radius 1 is 0.950 bits per heavy atom. The van der Waals surface area contributed by atoms with Crippen LogP contribution in [0.3, 0.4) is 0 Å². The van der Waals surface area contributed by atoms with Crippen molar-refractivity contribution in [2.75, 3.05) is 13.6 Å². The van der Waals surface area contributed by atoms with Gasteiger partial charge in [-0.05, 0) is 43.5 Å². The van der Waals surface area contributed by atoms with E-state index >= 15 is 0 Å². The lowest BCUT2D eigenvalue weighted by Crippen LogP contribution is -2.56. The molecule has 0 aliphatic heterocycles. The van der Waals surface area contributed by atoms with Gasteiger partial charge in [0.1, 0.15) is 11.3 Å². The first kappa shape index (κ1) is 30.9. The van der Waals surface area contributed by atoms with Gasteiger partial charge in [0.25, 0.3) is 5.91 Å². The maximum Gasteiger partial charge on any atom is 0.308 e. The van der Waals surface area contributed by atoms with Gasteiger partial charge in [0.2, 0.25) is 5.91 Å². The second kappa shape index (κ2) is 14.1. The number of fused-ring (bicyclic) bond motifs is 1. The number of nitrogens with one attached hydrogen (secondary N) is 1. The molecule has 0 fully saturated rings. The molecular weight excluding hydrogens is 502 g/mol. The molecule has 0 radical (unpaired) electrons. The topological polar surface area (TPSA) is 80.6 Å². The maximum atomic E-state index is 14.5. The molecule has 0 aliphatic rings. The third-order valence-electron chi connectivity index (χ3n) is 7.52. The summed E-state index contributed by atoms with van der Waals surface area (Å²) in [6.07, 6.45) is 6.19. The number of nitrogens with zero attached hydrogens (tertiary/aromatic N) is 2. The number of benzene rings is 2. The quantitative estimate of drug-likeness (QED) is 0.142. The number of unbranched alkanes of at least 4 members (excludes halogenated alkanes) is 4. The van der Waals surface area contributed by atoms with E-state index in [2.05, 4.69) is 35.9 Å². The van der Waals surface area contributed by atoms with Crippen molar-refractivity contribution in [1.29, 1.82) is 0 Å². The summed E-state index contributed by atoms with van der Waals surface area (Å²) in [5.41, 5.74) is 2.45. The van der Waals surface area contributed by atoms with Crippen LogP contribution in [0.1, 0.15) is 89.5 Å². The van der Waals surface area contributed by atoms with E-state index in [1.54, 1.807) is 11.0 Å². The minimum atomic E-state index is -1.26. The molecule has 3 aromatic rings. The Bertz CT molecular complexity index is 1310. The minimum absolute atomic E-state index is 0.118. The first-order valence-corrected chi connectivity index (χ1v) is 14.5. The van der Waals surface area contributed by atoms with Gasteiger partial charge in [0.15, 0.2) is 0 Å². The molecule has 2 aromatic carbocycles. The highest BCUT2D eigenvalue weighted by Crippen LogP contribution is 2.41. The van der Waals surface area contributed by atoms with Gasteiger partial charge in [-0.1, -0.05) is 76.3 Å². The van der Waals surface area contributed by atoms with Gasteiger partial charge in [-0.2, -0.15) is 0 Å². The molecule has 0 bridgehead atoms. The molecule has 0 aliphatic carbocycles. The monoisotopic (exact) mass is 547 g/mol. The third-order valence-corrected chi connectivity index (χ3v) is 7.52. The maximum absolute atomic E-state index is 14.5. The van der Waals surface area contributed by atoms with Crippen LogP contribution in [-0.2, 0) is 26.5 Å². The summed E-state index contributed by atoms with van der Waals surface area (Å²) in [4.78, 5) is 41.0. The van der Waals surface area contributed by atoms with Gasteiger partial charge >= 0.3 is 5.97 Å². The van der Waals surface area contributed by atoms with E-state index < -0.39 is 11.5 Å². The van der Waals surface area contributed by atoms with Crippen LogP contribution in [0.5, 0.6) is 5.75 Å². The summed E-state index contributed by atoms with van der Waals surface area (Å²) in [7, 11) is 1.82. The summed E-state index contributed by atoms with van der Waals surface area (Å²) in [6, 6.07) is 15.7. The smallest absolute Gasteiger partial charge is 0.308 e. The number of ether oxygens (including phenoxy) is 1. The molecule has 216 valence electrons. The molecule has 2 amide bonds. The molecule has 0 saturated carbocycles. The van der Waals surface area contributed by atoms with Gasteiger partial charge in [0.05, 0.1) is 0 Å². The van der Waals surface area contributed by atoms with Crippen molar-refractivity contribution in [3.8, 4) is 5.75 Å². The molecule has 1 heterocycles. The Morgan fingerprint density at radius 2 is 1.65 bits per heavy atom. The first-order chi connectivity index (χ1) is 19.1. The first-order valence-electron chi connectivity index (χ1n) is 14.5. The Kier molecular flexibility index (Phi) is 10.9. The van der Waals surface area contributed by atoms with Gasteiger partial charge in [-0.3, -0.25) is 14.4 Å². The van der Waals surface area contributed by atoms with E-state index in [4.69, 9.17) is 4.74 Å². The largest absolute Gasteiger partial charge is 0.427 e. The van der Waals surface area contributed by atoms with Crippen LogP contribution in [0, 0.1) is 6.92 Å². The summed E-state index contributed by atoms with van der Waals surface area (Å²) >= 11 is 0. The Labute approximate surface area is 238 Å². The summed E-state index contributed by atoms with van der Waals surface area (Å²) in [5, 5.41) is 3.96. The second-order valence-corrected chi connectivity index (χ2v) is 10.8. The lowest BCUT2D eigenvalue weighted by Gasteiger charge is -2.37. The summed E-state index contributed by atoms with van der Waals surface area (Å²) in [6.45, 7) is 10.3. The zero-order valence-corrected chi connectivity index (χ0v) is 25.0. The highest BCUT2D eigenvalue weighted by atomic mass is 16.5. The molecule has 1 N–H and O–H groups in total. The number of likely N-dealkylation sites (N-methyl/N-ethyl adjacent to an activating group) is 1. The number of hydrogen-bond acceptors (Lipinski definition) is 4. The number of carbonyl (C=O) groups is 3. The van der Waals surface area contributed by atoms with E-state index in [-0.39, 0.29) is 11.8 Å². The standard InChI is InChI=1S/C33H45N3O4/c1-7-9-11-15-20-33(34-25(4)37,32(39)35(6)21-10-8-2)31-24(3)36(23-27-16-13-12-14-17-27)30-19-18-28(22-29(30)31)40-26(5)38/h12-14,16-19,22H,7-11,15,20-21,23H2,1-6H3,(H,34,37). The van der Waals surface area contributed by atoms with Crippen molar-refractivity contribution in [3.05, 3.63) is 65.4 Å². The van der Waals surface area contributed by atoms with Gasteiger partial charge in [-0.25, -0.2) is 0 Å². The molecule has 1 aromatic heterocycles. The van der Waals surface area contributed by atoms with E-state index in [1.165, 1.54) is 13.8 Å². The van der Waals surface area contributed by atoms with Crippen molar-refractivity contribution in [2.45, 2.75) is 91.6 Å². The number of carbonyl (C=O) groups excluding carboxylic acids is 3. The zero-order valence-electron chi connectivity index (χ0n) is 25.0. The van der Waals surface area contributed by atoms with Crippen molar-refractivity contribution >= 4 is 28.7 Å². The Morgan fingerprint density at radius 3 is 2.27 bits per heavy atom. The predicted octanol–water partition coefficient (Wildman–Crippen LogP) is 6.48. The van der Waals surface area contributed by atoms with Crippen LogP contribution in [0.4, 0.5) is 0 Å². The second-order valence-electron chi connectivity index (χ2n) is 10.8.